The third kappa shape index (κ3) is 3.59. The van der Waals surface area contributed by atoms with Gasteiger partial charge in [-0.05, 0) is 37.8 Å². The van der Waals surface area contributed by atoms with Crippen LogP contribution in [0.4, 0.5) is 0 Å². The Hall–Kier alpha value is -1.99. The fraction of sp³-hybridized carbons (Fsp3) is 0.556. The first-order valence-electron chi connectivity index (χ1n) is 8.98. The molecule has 2 N–H and O–H groups in total. The van der Waals surface area contributed by atoms with Gasteiger partial charge in [0.05, 0.1) is 11.5 Å². The highest BCUT2D eigenvalue weighted by atomic mass is 35.5. The minimum atomic E-state index is -0.442. The van der Waals surface area contributed by atoms with Crippen molar-refractivity contribution in [3.8, 4) is 0 Å². The van der Waals surface area contributed by atoms with Gasteiger partial charge >= 0.3 is 0 Å². The van der Waals surface area contributed by atoms with E-state index < -0.39 is 5.54 Å². The van der Waals surface area contributed by atoms with Crippen molar-refractivity contribution in [3.63, 3.8) is 0 Å². The van der Waals surface area contributed by atoms with Crippen molar-refractivity contribution in [2.45, 2.75) is 50.0 Å². The number of halogens is 1. The number of aromatic nitrogens is 3. The summed E-state index contributed by atoms with van der Waals surface area (Å²) in [6.07, 6.45) is 9.18. The van der Waals surface area contributed by atoms with E-state index in [4.69, 9.17) is 10.3 Å². The lowest BCUT2D eigenvalue weighted by Crippen LogP contribution is -2.39. The summed E-state index contributed by atoms with van der Waals surface area (Å²) in [5, 5.41) is 4.15. The fourth-order valence-corrected chi connectivity index (χ4v) is 3.87. The van der Waals surface area contributed by atoms with E-state index in [1.807, 2.05) is 4.90 Å². The fourth-order valence-electron chi connectivity index (χ4n) is 3.87. The van der Waals surface area contributed by atoms with Crippen molar-refractivity contribution < 1.29 is 9.32 Å². The summed E-state index contributed by atoms with van der Waals surface area (Å²) < 4.78 is 5.53. The lowest BCUT2D eigenvalue weighted by atomic mass is 9.96. The molecule has 26 heavy (non-hydrogen) atoms. The molecule has 4 rings (SSSR count). The van der Waals surface area contributed by atoms with Gasteiger partial charge in [-0.1, -0.05) is 18.0 Å². The third-order valence-electron chi connectivity index (χ3n) is 5.37. The van der Waals surface area contributed by atoms with E-state index in [1.165, 1.54) is 0 Å². The number of likely N-dealkylation sites (tertiary alicyclic amines) is 1. The molecule has 2 aromatic heterocycles. The molecule has 3 heterocycles. The van der Waals surface area contributed by atoms with Crippen molar-refractivity contribution in [1.29, 1.82) is 0 Å². The maximum Gasteiger partial charge on any atom is 0.253 e. The van der Waals surface area contributed by atoms with Crippen molar-refractivity contribution >= 4 is 18.3 Å². The van der Waals surface area contributed by atoms with Crippen LogP contribution in [0.25, 0.3) is 0 Å². The first kappa shape index (κ1) is 18.8. The minimum Gasteiger partial charge on any atom is -0.339 e. The quantitative estimate of drug-likeness (QED) is 0.882. The van der Waals surface area contributed by atoms with Crippen molar-refractivity contribution in [2.24, 2.45) is 5.73 Å². The van der Waals surface area contributed by atoms with Crippen LogP contribution in [-0.2, 0) is 5.54 Å². The van der Waals surface area contributed by atoms with E-state index in [-0.39, 0.29) is 24.2 Å². The predicted molar refractivity (Wildman–Crippen MR) is 98.0 cm³/mol. The molecule has 1 saturated heterocycles. The van der Waals surface area contributed by atoms with Gasteiger partial charge in [0.25, 0.3) is 5.91 Å². The van der Waals surface area contributed by atoms with Crippen LogP contribution in [-0.4, -0.2) is 39.0 Å². The van der Waals surface area contributed by atoms with Gasteiger partial charge in [0, 0.05) is 31.0 Å². The maximum absolute atomic E-state index is 12.7. The molecule has 1 aliphatic heterocycles. The van der Waals surface area contributed by atoms with E-state index in [2.05, 4.69) is 15.1 Å². The molecule has 8 heteroatoms. The van der Waals surface area contributed by atoms with Gasteiger partial charge in [0.2, 0.25) is 5.89 Å². The SMILES string of the molecule is Cl.NC1(c2noc(C3CCCN(C(=O)c4ccncc4)C3)n2)CCCC1. The normalized spacial score (nSPS) is 22.0. The molecule has 0 spiro atoms. The average Bonchev–Trinajstić information content (AvgIpc) is 3.32. The number of piperidine rings is 1. The third-order valence-corrected chi connectivity index (χ3v) is 5.37. The molecule has 1 saturated carbocycles. The molecule has 7 nitrogen and oxygen atoms in total. The zero-order chi connectivity index (χ0) is 17.3. The predicted octanol–water partition coefficient (Wildman–Crippen LogP) is 2.63. The Morgan fingerprint density at radius 2 is 1.96 bits per heavy atom. The van der Waals surface area contributed by atoms with Crippen LogP contribution in [0.15, 0.2) is 29.0 Å². The van der Waals surface area contributed by atoms with Crippen LogP contribution in [0.1, 0.15) is 66.5 Å². The first-order valence-corrected chi connectivity index (χ1v) is 8.98. The molecular weight excluding hydrogens is 354 g/mol. The molecular formula is C18H24ClN5O2. The number of nitrogens with two attached hydrogens (primary N) is 1. The largest absolute Gasteiger partial charge is 0.339 e. The van der Waals surface area contributed by atoms with E-state index >= 15 is 0 Å². The highest BCUT2D eigenvalue weighted by Crippen LogP contribution is 2.36. The number of hydrogen-bond donors (Lipinski definition) is 1. The highest BCUT2D eigenvalue weighted by Gasteiger charge is 2.37. The summed E-state index contributed by atoms with van der Waals surface area (Å²) in [6.45, 7) is 1.35. The van der Waals surface area contributed by atoms with Crippen molar-refractivity contribution in [1.82, 2.24) is 20.0 Å². The number of hydrogen-bond acceptors (Lipinski definition) is 6. The Balaban J connectivity index is 0.00000196. The summed E-state index contributed by atoms with van der Waals surface area (Å²) >= 11 is 0. The monoisotopic (exact) mass is 377 g/mol. The Morgan fingerprint density at radius 3 is 2.69 bits per heavy atom. The van der Waals surface area contributed by atoms with Gasteiger partial charge in [-0.3, -0.25) is 9.78 Å². The summed E-state index contributed by atoms with van der Waals surface area (Å²) in [7, 11) is 0. The molecule has 0 bridgehead atoms. The highest BCUT2D eigenvalue weighted by molar-refractivity contribution is 5.94. The molecule has 2 aliphatic rings. The number of rotatable bonds is 3. The lowest BCUT2D eigenvalue weighted by Gasteiger charge is -2.31. The Kier molecular flexibility index (Phi) is 5.58. The second-order valence-electron chi connectivity index (χ2n) is 7.15. The van der Waals surface area contributed by atoms with Gasteiger partial charge in [-0.2, -0.15) is 4.98 Å². The summed E-state index contributed by atoms with van der Waals surface area (Å²) in [6, 6.07) is 3.49. The van der Waals surface area contributed by atoms with Crippen LogP contribution in [0.2, 0.25) is 0 Å². The lowest BCUT2D eigenvalue weighted by molar-refractivity contribution is 0.0695. The zero-order valence-electron chi connectivity index (χ0n) is 14.6. The number of carbonyl (C=O) groups excluding carboxylic acids is 1. The van der Waals surface area contributed by atoms with E-state index in [0.717, 1.165) is 45.1 Å². The molecule has 1 amide bonds. The summed E-state index contributed by atoms with van der Waals surface area (Å²) in [5.41, 5.74) is 6.64. The number of nitrogens with zero attached hydrogens (tertiary/aromatic N) is 4. The number of pyridine rings is 1. The molecule has 0 radical (unpaired) electrons. The molecule has 1 unspecified atom stereocenters. The second kappa shape index (κ2) is 7.72. The number of carbonyl (C=O) groups is 1. The van der Waals surface area contributed by atoms with Crippen LogP contribution in [0, 0.1) is 0 Å². The molecule has 0 aromatic carbocycles. The molecule has 1 atom stereocenters. The van der Waals surface area contributed by atoms with Crippen molar-refractivity contribution in [3.05, 3.63) is 41.8 Å². The molecule has 1 aliphatic carbocycles. The Bertz CT molecular complexity index is 745. The van der Waals surface area contributed by atoms with Gasteiger partial charge < -0.3 is 15.2 Å². The number of amides is 1. The Morgan fingerprint density at radius 1 is 1.23 bits per heavy atom. The van der Waals surface area contributed by atoms with Gasteiger partial charge in [-0.25, -0.2) is 0 Å². The van der Waals surface area contributed by atoms with Crippen LogP contribution in [0.3, 0.4) is 0 Å². The topological polar surface area (TPSA) is 98.1 Å². The van der Waals surface area contributed by atoms with Gasteiger partial charge in [-0.15, -0.1) is 12.4 Å². The average molecular weight is 378 g/mol. The minimum absolute atomic E-state index is 0. The second-order valence-corrected chi connectivity index (χ2v) is 7.15. The Labute approximate surface area is 158 Å². The van der Waals surface area contributed by atoms with Crippen LogP contribution in [0.5, 0.6) is 0 Å². The van der Waals surface area contributed by atoms with Gasteiger partial charge in [0.1, 0.15) is 0 Å². The van der Waals surface area contributed by atoms with E-state index in [0.29, 0.717) is 23.8 Å². The van der Waals surface area contributed by atoms with E-state index in [9.17, 15) is 4.79 Å². The maximum atomic E-state index is 12.7. The van der Waals surface area contributed by atoms with Gasteiger partial charge in [0.15, 0.2) is 5.82 Å². The van der Waals surface area contributed by atoms with Crippen molar-refractivity contribution in [2.75, 3.05) is 13.1 Å². The molecule has 2 fully saturated rings. The zero-order valence-corrected chi connectivity index (χ0v) is 15.5. The standard InChI is InChI=1S/C18H23N5O2.ClH/c19-18(7-1-2-8-18)17-21-15(25-22-17)14-4-3-11-23(12-14)16(24)13-5-9-20-10-6-13;/h5-6,9-10,14H,1-4,7-8,11-12,19H2;1H. The summed E-state index contributed by atoms with van der Waals surface area (Å²) in [5.74, 6) is 1.33. The van der Waals surface area contributed by atoms with Crippen LogP contribution < -0.4 is 5.73 Å². The summed E-state index contributed by atoms with van der Waals surface area (Å²) in [4.78, 5) is 23.1. The molecule has 2 aromatic rings. The first-order chi connectivity index (χ1) is 12.2. The smallest absolute Gasteiger partial charge is 0.253 e. The molecule has 140 valence electrons. The van der Waals surface area contributed by atoms with Crippen LogP contribution >= 0.6 is 12.4 Å². The van der Waals surface area contributed by atoms with E-state index in [1.54, 1.807) is 24.5 Å².